The first-order valence-electron chi connectivity index (χ1n) is 0. The van der Waals surface area contributed by atoms with Crippen molar-refractivity contribution >= 4 is 18.9 Å². The molecule has 0 bridgehead atoms. The standard InChI is InChI=1S/Ce.La.Li.Mn.H. The van der Waals surface area contributed by atoms with Crippen LogP contribution in [0.4, 0.5) is 0 Å². The van der Waals surface area contributed by atoms with Gasteiger partial charge in [-0.25, -0.2) is 0 Å². The zero-order valence-electron chi connectivity index (χ0n) is 1.46. The molecule has 0 aromatic rings. The predicted octanol–water partition coefficient (Wildman–Crippen LogP) is -0.651. The van der Waals surface area contributed by atoms with Crippen LogP contribution in [0.3, 0.4) is 0 Å². The van der Waals surface area contributed by atoms with Crippen LogP contribution in [0.1, 0.15) is 0 Å². The average Bonchev–Trinajstić information content (AvgIpc) is 0. The average molecular weight is 342 g/mol. The molecule has 2 radical (unpaired) electrons. The summed E-state index contributed by atoms with van der Waals surface area (Å²) in [4.78, 5) is 0. The van der Waals surface area contributed by atoms with E-state index in [2.05, 4.69) is 0 Å². The first-order valence-corrected chi connectivity index (χ1v) is 0. The zero-order chi connectivity index (χ0) is 0. The molecule has 0 fully saturated rings. The molecule has 0 aromatic heterocycles. The van der Waals surface area contributed by atoms with Crippen molar-refractivity contribution in [2.24, 2.45) is 0 Å². The molecule has 0 atom stereocenters. The van der Waals surface area contributed by atoms with Crippen LogP contribution in [0.5, 0.6) is 0 Å². The molecule has 4 heavy (non-hydrogen) atoms. The van der Waals surface area contributed by atoms with Gasteiger partial charge in [-0.05, 0) is 0 Å². The van der Waals surface area contributed by atoms with E-state index in [1.807, 2.05) is 0 Å². The molecule has 0 unspecified atom stereocenters. The summed E-state index contributed by atoms with van der Waals surface area (Å²) < 4.78 is 0. The van der Waals surface area contributed by atoms with E-state index in [1.165, 1.54) is 0 Å². The van der Waals surface area contributed by atoms with E-state index in [1.54, 1.807) is 0 Å². The van der Waals surface area contributed by atoms with Gasteiger partial charge in [0.25, 0.3) is 0 Å². The largest absolute Gasteiger partial charge is 0 e. The van der Waals surface area contributed by atoms with E-state index in [4.69, 9.17) is 0 Å². The second-order valence-electron chi connectivity index (χ2n) is 0. The maximum absolute atomic E-state index is 0. The van der Waals surface area contributed by atoms with Crippen LogP contribution < -0.4 is 0 Å². The van der Waals surface area contributed by atoms with Crippen LogP contribution in [-0.2, 0) is 17.1 Å². The fraction of sp³-hybridized carbons (Fsp3) is 0. The van der Waals surface area contributed by atoms with Crippen molar-refractivity contribution in [3.05, 3.63) is 0 Å². The van der Waals surface area contributed by atoms with Gasteiger partial charge in [0.05, 0.1) is 0 Å². The SMILES string of the molecule is [Ce].[La].[LiH].[Mn]. The molecule has 0 spiro atoms. The van der Waals surface area contributed by atoms with Crippen LogP contribution in [0, 0.1) is 77.3 Å². The Morgan fingerprint density at radius 2 is 1.00 bits per heavy atom. The normalized spacial score (nSPS) is 0. The molecule has 16 valence electrons. The van der Waals surface area contributed by atoms with Gasteiger partial charge in [-0.2, -0.15) is 0 Å². The fourth-order valence-electron chi connectivity index (χ4n) is 0. The van der Waals surface area contributed by atoms with E-state index >= 15 is 0 Å². The molecular weight excluding hydrogens is 341 g/mol. The van der Waals surface area contributed by atoms with Crippen molar-refractivity contribution in [2.45, 2.75) is 0 Å². The molecule has 0 amide bonds. The quantitative estimate of drug-likeness (QED) is 0.514. The van der Waals surface area contributed by atoms with Crippen LogP contribution in [0.25, 0.3) is 0 Å². The van der Waals surface area contributed by atoms with Gasteiger partial charge >= 0.3 is 18.9 Å². The molecule has 0 aromatic carbocycles. The summed E-state index contributed by atoms with van der Waals surface area (Å²) in [5.74, 6) is 0. The van der Waals surface area contributed by atoms with Gasteiger partial charge in [0.15, 0.2) is 0 Å². The van der Waals surface area contributed by atoms with Crippen LogP contribution in [0.15, 0.2) is 0 Å². The first kappa shape index (κ1) is 25.3. The van der Waals surface area contributed by atoms with Gasteiger partial charge in [-0.15, -0.1) is 0 Å². The second-order valence-corrected chi connectivity index (χ2v) is 0. The Kier molecular flexibility index (Phi) is 101. The maximum atomic E-state index is 0. The summed E-state index contributed by atoms with van der Waals surface area (Å²) >= 11 is 0. The van der Waals surface area contributed by atoms with Crippen LogP contribution in [-0.4, -0.2) is 18.9 Å². The summed E-state index contributed by atoms with van der Waals surface area (Å²) in [6, 6.07) is 0. The molecule has 0 nitrogen and oxygen atoms in total. The van der Waals surface area contributed by atoms with Gasteiger partial charge in [0.1, 0.15) is 0 Å². The monoisotopic (exact) mass is 342 g/mol. The van der Waals surface area contributed by atoms with E-state index in [9.17, 15) is 0 Å². The van der Waals surface area contributed by atoms with E-state index < -0.39 is 0 Å². The van der Waals surface area contributed by atoms with Gasteiger partial charge < -0.3 is 0 Å². The molecule has 4 heteroatoms. The van der Waals surface area contributed by atoms with Gasteiger partial charge in [-0.3, -0.25) is 0 Å². The Labute approximate surface area is 110 Å². The van der Waals surface area contributed by atoms with Gasteiger partial charge in [-0.1, -0.05) is 0 Å². The smallest absolute Gasteiger partial charge is 0 e. The number of hydrogen-bond acceptors (Lipinski definition) is 0. The Hall–Kier alpha value is 3.69. The van der Waals surface area contributed by atoms with Crippen LogP contribution in [0.2, 0.25) is 0 Å². The van der Waals surface area contributed by atoms with E-state index in [0.717, 1.165) is 0 Å². The summed E-state index contributed by atoms with van der Waals surface area (Å²) in [5, 5.41) is 0. The van der Waals surface area contributed by atoms with E-state index in [-0.39, 0.29) is 113 Å². The molecule has 0 heterocycles. The third-order valence-corrected chi connectivity index (χ3v) is 0. The molecule has 0 saturated heterocycles. The number of hydrogen-bond donors (Lipinski definition) is 0. The molecule has 0 aliphatic heterocycles. The Bertz CT molecular complexity index is 8.00. The Morgan fingerprint density at radius 3 is 1.00 bits per heavy atom. The van der Waals surface area contributed by atoms with Crippen molar-refractivity contribution in [1.29, 1.82) is 0 Å². The van der Waals surface area contributed by atoms with Crippen molar-refractivity contribution < 1.29 is 94.4 Å². The van der Waals surface area contributed by atoms with Crippen molar-refractivity contribution in [3.63, 3.8) is 0 Å². The summed E-state index contributed by atoms with van der Waals surface area (Å²) in [7, 11) is 0. The minimum absolute atomic E-state index is 0. The second kappa shape index (κ2) is 15.9. The number of rotatable bonds is 0. The minimum Gasteiger partial charge on any atom is 0 e. The molecule has 0 aliphatic carbocycles. The third-order valence-electron chi connectivity index (χ3n) is 0. The van der Waals surface area contributed by atoms with Crippen LogP contribution >= 0.6 is 0 Å². The molecule has 0 N–H and O–H groups in total. The zero-order valence-corrected chi connectivity index (χ0v) is 9.40. The third kappa shape index (κ3) is 9.19. The Morgan fingerprint density at radius 1 is 1.00 bits per heavy atom. The Balaban J connectivity index is 0. The van der Waals surface area contributed by atoms with Gasteiger partial charge in [0, 0.05) is 94.4 Å². The van der Waals surface area contributed by atoms with E-state index in [0.29, 0.717) is 0 Å². The predicted molar refractivity (Wildman–Crippen MR) is 7.15 cm³/mol. The summed E-state index contributed by atoms with van der Waals surface area (Å²) in [6.07, 6.45) is 0. The molecule has 0 rings (SSSR count). The van der Waals surface area contributed by atoms with Gasteiger partial charge in [0.2, 0.25) is 0 Å². The summed E-state index contributed by atoms with van der Waals surface area (Å²) in [6.45, 7) is 0. The molecular formula is HCeLaLiMn. The molecule has 0 saturated carbocycles. The first-order chi connectivity index (χ1) is 0. The topological polar surface area (TPSA) is 0 Å². The van der Waals surface area contributed by atoms with Crippen molar-refractivity contribution in [3.8, 4) is 0 Å². The molecule has 0 aliphatic rings. The maximum Gasteiger partial charge on any atom is 0 e. The summed E-state index contributed by atoms with van der Waals surface area (Å²) in [5.41, 5.74) is 0. The minimum atomic E-state index is 0. The fourth-order valence-corrected chi connectivity index (χ4v) is 0. The van der Waals surface area contributed by atoms with Crippen molar-refractivity contribution in [2.75, 3.05) is 0 Å². The van der Waals surface area contributed by atoms with Crippen molar-refractivity contribution in [1.82, 2.24) is 0 Å².